The van der Waals surface area contributed by atoms with E-state index in [0.717, 1.165) is 17.9 Å². The van der Waals surface area contributed by atoms with Crippen molar-refractivity contribution in [1.29, 1.82) is 0 Å². The smallest absolute Gasteiger partial charge is 0.256 e. The van der Waals surface area contributed by atoms with Gasteiger partial charge >= 0.3 is 0 Å². The predicted octanol–water partition coefficient (Wildman–Crippen LogP) is 1.86. The number of hydrogen-bond donors (Lipinski definition) is 1. The van der Waals surface area contributed by atoms with Crippen LogP contribution in [0.5, 0.6) is 11.5 Å². The molecular weight excluding hydrogens is 276 g/mol. The van der Waals surface area contributed by atoms with Gasteiger partial charge in [-0.1, -0.05) is 0 Å². The minimum Gasteiger partial charge on any atom is -0.493 e. The maximum atomic E-state index is 12.6. The third-order valence-electron chi connectivity index (χ3n) is 3.56. The summed E-state index contributed by atoms with van der Waals surface area (Å²) >= 11 is 1.87. The monoisotopic (exact) mass is 296 g/mol. The molecule has 6 heteroatoms. The van der Waals surface area contributed by atoms with Crippen LogP contribution in [-0.4, -0.2) is 49.6 Å². The number of methoxy groups -OCH3 is 2. The molecule has 2 rings (SSSR count). The fraction of sp³-hybridized carbons (Fsp3) is 0.500. The van der Waals surface area contributed by atoms with Crippen LogP contribution in [0.3, 0.4) is 0 Å². The largest absolute Gasteiger partial charge is 0.493 e. The molecule has 1 aliphatic heterocycles. The Morgan fingerprint density at radius 3 is 2.55 bits per heavy atom. The number of carbonyl (C=O) groups is 1. The minimum atomic E-state index is -0.0732. The first-order chi connectivity index (χ1) is 9.58. The van der Waals surface area contributed by atoms with E-state index in [1.54, 1.807) is 31.3 Å². The number of nitrogen functional groups attached to an aromatic ring is 1. The van der Waals surface area contributed by atoms with Crippen molar-refractivity contribution in [1.82, 2.24) is 4.90 Å². The standard InChI is InChI=1S/C14H20N2O3S/c1-16(9-4-5-20-8-9)14(17)10-6-12(18-2)13(19-3)7-11(10)15/h6-7,9H,4-5,8,15H2,1-3H3. The number of nitrogens with two attached hydrogens (primary N) is 1. The number of amides is 1. The van der Waals surface area contributed by atoms with E-state index in [-0.39, 0.29) is 11.9 Å². The summed E-state index contributed by atoms with van der Waals surface area (Å²) in [6, 6.07) is 3.55. The van der Waals surface area contributed by atoms with E-state index in [4.69, 9.17) is 15.2 Å². The Bertz CT molecular complexity index is 501. The van der Waals surface area contributed by atoms with E-state index in [1.165, 1.54) is 0 Å². The summed E-state index contributed by atoms with van der Waals surface area (Å²) in [5, 5.41) is 0. The van der Waals surface area contributed by atoms with Crippen molar-refractivity contribution in [2.75, 3.05) is 38.5 Å². The van der Waals surface area contributed by atoms with Gasteiger partial charge in [-0.15, -0.1) is 0 Å². The second kappa shape index (κ2) is 6.26. The van der Waals surface area contributed by atoms with Crippen LogP contribution in [0.4, 0.5) is 5.69 Å². The van der Waals surface area contributed by atoms with Gasteiger partial charge in [0.15, 0.2) is 11.5 Å². The van der Waals surface area contributed by atoms with Gasteiger partial charge in [0, 0.05) is 30.6 Å². The first kappa shape index (κ1) is 14.8. The molecule has 0 spiro atoms. The average molecular weight is 296 g/mol. The van der Waals surface area contributed by atoms with Crippen molar-refractivity contribution in [2.24, 2.45) is 0 Å². The van der Waals surface area contributed by atoms with Crippen LogP contribution in [0.2, 0.25) is 0 Å². The highest BCUT2D eigenvalue weighted by Gasteiger charge is 2.26. The van der Waals surface area contributed by atoms with Crippen molar-refractivity contribution in [3.8, 4) is 11.5 Å². The third-order valence-corrected chi connectivity index (χ3v) is 4.70. The second-order valence-electron chi connectivity index (χ2n) is 4.73. The van der Waals surface area contributed by atoms with Crippen LogP contribution in [0.1, 0.15) is 16.8 Å². The summed E-state index contributed by atoms with van der Waals surface area (Å²) < 4.78 is 10.4. The molecule has 1 aliphatic rings. The Hall–Kier alpha value is -1.56. The number of thioether (sulfide) groups is 1. The van der Waals surface area contributed by atoms with E-state index in [2.05, 4.69) is 0 Å². The third kappa shape index (κ3) is 2.80. The molecule has 1 fully saturated rings. The molecule has 2 N–H and O–H groups in total. The summed E-state index contributed by atoms with van der Waals surface area (Å²) in [5.74, 6) is 3.05. The lowest BCUT2D eigenvalue weighted by atomic mass is 10.1. The fourth-order valence-corrected chi connectivity index (χ4v) is 3.53. The zero-order valence-electron chi connectivity index (χ0n) is 12.0. The second-order valence-corrected chi connectivity index (χ2v) is 5.88. The van der Waals surface area contributed by atoms with Gasteiger partial charge in [-0.3, -0.25) is 4.79 Å². The number of ether oxygens (including phenoxy) is 2. The summed E-state index contributed by atoms with van der Waals surface area (Å²) in [5.41, 5.74) is 6.84. The van der Waals surface area contributed by atoms with E-state index < -0.39 is 0 Å². The summed E-state index contributed by atoms with van der Waals surface area (Å²) in [7, 11) is 4.91. The highest BCUT2D eigenvalue weighted by Crippen LogP contribution is 2.33. The Morgan fingerprint density at radius 1 is 1.35 bits per heavy atom. The van der Waals surface area contributed by atoms with Crippen molar-refractivity contribution in [2.45, 2.75) is 12.5 Å². The molecule has 0 saturated carbocycles. The highest BCUT2D eigenvalue weighted by atomic mass is 32.2. The first-order valence-electron chi connectivity index (χ1n) is 6.45. The number of benzene rings is 1. The molecule has 110 valence electrons. The molecule has 1 amide bonds. The molecule has 0 aromatic heterocycles. The van der Waals surface area contributed by atoms with Crippen molar-refractivity contribution in [3.63, 3.8) is 0 Å². The Balaban J connectivity index is 2.29. The van der Waals surface area contributed by atoms with E-state index in [1.807, 2.05) is 18.8 Å². The van der Waals surface area contributed by atoms with Crippen LogP contribution in [0.25, 0.3) is 0 Å². The maximum absolute atomic E-state index is 12.6. The van der Waals surface area contributed by atoms with Crippen molar-refractivity contribution in [3.05, 3.63) is 17.7 Å². The molecule has 1 saturated heterocycles. The molecule has 1 heterocycles. The molecule has 1 atom stereocenters. The quantitative estimate of drug-likeness (QED) is 0.859. The molecule has 1 aromatic carbocycles. The maximum Gasteiger partial charge on any atom is 0.256 e. The lowest BCUT2D eigenvalue weighted by molar-refractivity contribution is 0.0748. The highest BCUT2D eigenvalue weighted by molar-refractivity contribution is 7.99. The zero-order chi connectivity index (χ0) is 14.7. The molecule has 0 aliphatic carbocycles. The van der Waals surface area contributed by atoms with Gasteiger partial charge in [-0.2, -0.15) is 11.8 Å². The molecule has 1 unspecified atom stereocenters. The van der Waals surface area contributed by atoms with Crippen LogP contribution in [-0.2, 0) is 0 Å². The van der Waals surface area contributed by atoms with Gasteiger partial charge in [0.1, 0.15) is 0 Å². The van der Waals surface area contributed by atoms with Gasteiger partial charge in [0.25, 0.3) is 5.91 Å². The van der Waals surface area contributed by atoms with Crippen LogP contribution in [0.15, 0.2) is 12.1 Å². The number of rotatable bonds is 4. The first-order valence-corrected chi connectivity index (χ1v) is 7.60. The number of anilines is 1. The number of hydrogen-bond acceptors (Lipinski definition) is 5. The Labute approximate surface area is 123 Å². The Morgan fingerprint density at radius 2 is 2.00 bits per heavy atom. The number of nitrogens with zero attached hydrogens (tertiary/aromatic N) is 1. The van der Waals surface area contributed by atoms with E-state index in [9.17, 15) is 4.79 Å². The van der Waals surface area contributed by atoms with E-state index in [0.29, 0.717) is 22.7 Å². The van der Waals surface area contributed by atoms with Crippen LogP contribution >= 0.6 is 11.8 Å². The van der Waals surface area contributed by atoms with Crippen molar-refractivity contribution < 1.29 is 14.3 Å². The lowest BCUT2D eigenvalue weighted by Crippen LogP contribution is -2.37. The van der Waals surface area contributed by atoms with Gasteiger partial charge in [-0.05, 0) is 18.2 Å². The molecule has 0 radical (unpaired) electrons. The SMILES string of the molecule is COc1cc(N)c(C(=O)N(C)C2CCSC2)cc1OC. The van der Waals surface area contributed by atoms with Gasteiger partial charge < -0.3 is 20.1 Å². The predicted molar refractivity (Wildman–Crippen MR) is 81.8 cm³/mol. The molecule has 1 aromatic rings. The topological polar surface area (TPSA) is 64.8 Å². The van der Waals surface area contributed by atoms with Gasteiger partial charge in [0.05, 0.1) is 19.8 Å². The Kier molecular flexibility index (Phi) is 4.65. The molecule has 0 bridgehead atoms. The lowest BCUT2D eigenvalue weighted by Gasteiger charge is -2.24. The molecule has 20 heavy (non-hydrogen) atoms. The van der Waals surface area contributed by atoms with Gasteiger partial charge in [0.2, 0.25) is 0 Å². The average Bonchev–Trinajstić information content (AvgIpc) is 2.99. The van der Waals surface area contributed by atoms with Crippen LogP contribution < -0.4 is 15.2 Å². The summed E-state index contributed by atoms with van der Waals surface area (Å²) in [6.07, 6.45) is 1.03. The zero-order valence-corrected chi connectivity index (χ0v) is 12.8. The molecular formula is C14H20N2O3S. The summed E-state index contributed by atoms with van der Waals surface area (Å²) in [6.45, 7) is 0. The normalized spacial score (nSPS) is 17.9. The summed E-state index contributed by atoms with van der Waals surface area (Å²) in [4.78, 5) is 14.3. The van der Waals surface area contributed by atoms with Gasteiger partial charge in [-0.25, -0.2) is 0 Å². The van der Waals surface area contributed by atoms with Crippen LogP contribution in [0, 0.1) is 0 Å². The van der Waals surface area contributed by atoms with E-state index >= 15 is 0 Å². The van der Waals surface area contributed by atoms with Crippen molar-refractivity contribution >= 4 is 23.4 Å². The number of carbonyl (C=O) groups excluding carboxylic acids is 1. The minimum absolute atomic E-state index is 0.0732. The fourth-order valence-electron chi connectivity index (χ4n) is 2.26. The molecule has 5 nitrogen and oxygen atoms in total.